The molecule has 2 aliphatic rings. The summed E-state index contributed by atoms with van der Waals surface area (Å²) in [5, 5.41) is 6.15. The van der Waals surface area contributed by atoms with Crippen molar-refractivity contribution in [3.8, 4) is 11.5 Å². The molecule has 1 aromatic rings. The van der Waals surface area contributed by atoms with E-state index in [9.17, 15) is 9.00 Å². The summed E-state index contributed by atoms with van der Waals surface area (Å²) in [7, 11) is -1.22. The van der Waals surface area contributed by atoms with Crippen LogP contribution in [-0.4, -0.2) is 48.2 Å². The smallest absolute Gasteiger partial charge is 0.221 e. The van der Waals surface area contributed by atoms with Gasteiger partial charge in [0.05, 0.1) is 10.8 Å². The van der Waals surface area contributed by atoms with Crippen molar-refractivity contribution in [2.24, 2.45) is 0 Å². The van der Waals surface area contributed by atoms with Gasteiger partial charge in [-0.15, -0.1) is 0 Å². The Balaban J connectivity index is 1.52. The molecule has 3 rings (SSSR count). The maximum absolute atomic E-state index is 12.3. The Hall–Kier alpha value is -1.60. The first-order valence-corrected chi connectivity index (χ1v) is 8.82. The van der Waals surface area contributed by atoms with Gasteiger partial charge in [-0.2, -0.15) is 0 Å². The van der Waals surface area contributed by atoms with Crippen molar-refractivity contribution in [3.05, 3.63) is 18.2 Å². The van der Waals surface area contributed by atoms with Crippen molar-refractivity contribution >= 4 is 16.7 Å². The maximum atomic E-state index is 12.3. The Bertz CT molecular complexity index is 573. The highest BCUT2D eigenvalue weighted by Crippen LogP contribution is 2.31. The van der Waals surface area contributed by atoms with Gasteiger partial charge < -0.3 is 20.1 Å². The van der Waals surface area contributed by atoms with E-state index in [4.69, 9.17) is 9.47 Å². The normalized spacial score (nSPS) is 21.4. The lowest BCUT2D eigenvalue weighted by molar-refractivity contribution is -0.121. The molecular weight excluding hydrogens is 304 g/mol. The molecule has 2 heterocycles. The van der Waals surface area contributed by atoms with Crippen LogP contribution in [0, 0.1) is 0 Å². The summed E-state index contributed by atoms with van der Waals surface area (Å²) in [6.07, 6.45) is 1.22. The van der Waals surface area contributed by atoms with Gasteiger partial charge in [0.25, 0.3) is 0 Å². The molecule has 0 radical (unpaired) electrons. The minimum absolute atomic E-state index is 0.0420. The number of fused-ring (bicyclic) bond motifs is 1. The van der Waals surface area contributed by atoms with Gasteiger partial charge in [0.1, 0.15) is 13.2 Å². The van der Waals surface area contributed by atoms with E-state index in [1.54, 1.807) is 18.2 Å². The second-order valence-electron chi connectivity index (χ2n) is 5.36. The van der Waals surface area contributed by atoms with Gasteiger partial charge in [-0.05, 0) is 25.1 Å². The third-order valence-electron chi connectivity index (χ3n) is 3.72. The number of benzene rings is 1. The highest BCUT2D eigenvalue weighted by Gasteiger charge is 2.18. The second-order valence-corrected chi connectivity index (χ2v) is 6.93. The first kappa shape index (κ1) is 15.3. The summed E-state index contributed by atoms with van der Waals surface area (Å²) in [5.74, 6) is 1.57. The van der Waals surface area contributed by atoms with Gasteiger partial charge in [0.2, 0.25) is 5.91 Å². The van der Waals surface area contributed by atoms with E-state index in [0.717, 1.165) is 19.5 Å². The Kier molecular flexibility index (Phi) is 4.94. The lowest BCUT2D eigenvalue weighted by atomic mass is 10.2. The zero-order valence-corrected chi connectivity index (χ0v) is 13.1. The summed E-state index contributed by atoms with van der Waals surface area (Å²) in [4.78, 5) is 12.5. The Labute approximate surface area is 132 Å². The van der Waals surface area contributed by atoms with Crippen LogP contribution in [0.15, 0.2) is 23.1 Å². The lowest BCUT2D eigenvalue weighted by Crippen LogP contribution is -2.36. The van der Waals surface area contributed by atoms with Crippen molar-refractivity contribution in [1.29, 1.82) is 0 Å². The van der Waals surface area contributed by atoms with Crippen molar-refractivity contribution in [1.82, 2.24) is 10.6 Å². The van der Waals surface area contributed by atoms with Crippen LogP contribution in [0.25, 0.3) is 0 Å². The molecular formula is C15H20N2O4S. The van der Waals surface area contributed by atoms with Crippen LogP contribution in [0.1, 0.15) is 12.8 Å². The lowest BCUT2D eigenvalue weighted by Gasteiger charge is -2.18. The molecule has 2 N–H and O–H groups in total. The van der Waals surface area contributed by atoms with E-state index in [-0.39, 0.29) is 18.4 Å². The van der Waals surface area contributed by atoms with Crippen LogP contribution in [0.4, 0.5) is 0 Å². The molecule has 0 bridgehead atoms. The summed E-state index contributed by atoms with van der Waals surface area (Å²) in [6, 6.07) is 5.48. The standard InChI is InChI=1S/C15H20N2O4S/c18-15(17-11-3-5-16-10-11)4-8-22(19)12-1-2-13-14(9-12)21-7-6-20-13/h1-2,9,11,16H,3-8,10H2,(H,17,18). The van der Waals surface area contributed by atoms with Gasteiger partial charge in [0.15, 0.2) is 11.5 Å². The third-order valence-corrected chi connectivity index (χ3v) is 5.07. The highest BCUT2D eigenvalue weighted by molar-refractivity contribution is 7.85. The van der Waals surface area contributed by atoms with Crippen LogP contribution >= 0.6 is 0 Å². The van der Waals surface area contributed by atoms with Crippen LogP contribution in [0.2, 0.25) is 0 Å². The molecule has 1 amide bonds. The number of rotatable bonds is 5. The molecule has 0 spiro atoms. The zero-order chi connectivity index (χ0) is 15.4. The Morgan fingerprint density at radius 2 is 2.14 bits per heavy atom. The number of nitrogens with one attached hydrogen (secondary N) is 2. The molecule has 1 fully saturated rings. The predicted molar refractivity (Wildman–Crippen MR) is 82.7 cm³/mol. The second kappa shape index (κ2) is 7.11. The zero-order valence-electron chi connectivity index (χ0n) is 12.3. The number of ether oxygens (including phenoxy) is 2. The third kappa shape index (κ3) is 3.78. The molecule has 0 aromatic heterocycles. The summed E-state index contributed by atoms with van der Waals surface area (Å²) >= 11 is 0. The molecule has 7 heteroatoms. The summed E-state index contributed by atoms with van der Waals surface area (Å²) in [5.41, 5.74) is 0. The van der Waals surface area contributed by atoms with Crippen molar-refractivity contribution in [3.63, 3.8) is 0 Å². The van der Waals surface area contributed by atoms with E-state index in [1.807, 2.05) is 0 Å². The molecule has 2 aliphatic heterocycles. The minimum atomic E-state index is -1.22. The van der Waals surface area contributed by atoms with Crippen molar-refractivity contribution in [2.45, 2.75) is 23.8 Å². The highest BCUT2D eigenvalue weighted by atomic mass is 32.2. The largest absolute Gasteiger partial charge is 0.486 e. The van der Waals surface area contributed by atoms with Crippen LogP contribution in [0.5, 0.6) is 11.5 Å². The molecule has 0 aliphatic carbocycles. The van der Waals surface area contributed by atoms with E-state index < -0.39 is 10.8 Å². The van der Waals surface area contributed by atoms with E-state index in [2.05, 4.69) is 10.6 Å². The maximum Gasteiger partial charge on any atom is 0.221 e. The average molecular weight is 324 g/mol. The molecule has 1 saturated heterocycles. The molecule has 2 atom stereocenters. The molecule has 120 valence electrons. The van der Waals surface area contributed by atoms with E-state index in [0.29, 0.717) is 35.4 Å². The summed E-state index contributed by atoms with van der Waals surface area (Å²) < 4.78 is 23.2. The number of carbonyl (C=O) groups excluding carboxylic acids is 1. The van der Waals surface area contributed by atoms with E-state index in [1.165, 1.54) is 0 Å². The Morgan fingerprint density at radius 1 is 1.32 bits per heavy atom. The van der Waals surface area contributed by atoms with Crippen molar-refractivity contribution in [2.75, 3.05) is 32.1 Å². The minimum Gasteiger partial charge on any atom is -0.486 e. The quantitative estimate of drug-likeness (QED) is 0.822. The molecule has 1 aromatic carbocycles. The number of hydrogen-bond acceptors (Lipinski definition) is 5. The SMILES string of the molecule is O=C(CCS(=O)c1ccc2c(c1)OCCO2)NC1CCNC1. The number of amides is 1. The molecule has 0 saturated carbocycles. The average Bonchev–Trinajstić information content (AvgIpc) is 3.05. The van der Waals surface area contributed by atoms with Crippen LogP contribution in [-0.2, 0) is 15.6 Å². The van der Waals surface area contributed by atoms with Gasteiger partial charge in [0, 0.05) is 35.7 Å². The predicted octanol–water partition coefficient (Wildman–Crippen LogP) is 0.434. The first-order valence-electron chi connectivity index (χ1n) is 7.50. The van der Waals surface area contributed by atoms with Gasteiger partial charge in [-0.25, -0.2) is 0 Å². The van der Waals surface area contributed by atoms with Crippen LogP contribution < -0.4 is 20.1 Å². The van der Waals surface area contributed by atoms with Gasteiger partial charge in [-0.3, -0.25) is 9.00 Å². The van der Waals surface area contributed by atoms with Crippen molar-refractivity contribution < 1.29 is 18.5 Å². The van der Waals surface area contributed by atoms with Gasteiger partial charge in [-0.1, -0.05) is 0 Å². The number of hydrogen-bond donors (Lipinski definition) is 2. The molecule has 22 heavy (non-hydrogen) atoms. The van der Waals surface area contributed by atoms with E-state index >= 15 is 0 Å². The fraction of sp³-hybridized carbons (Fsp3) is 0.533. The first-order chi connectivity index (χ1) is 10.7. The monoisotopic (exact) mass is 324 g/mol. The number of carbonyl (C=O) groups is 1. The topological polar surface area (TPSA) is 76.7 Å². The fourth-order valence-electron chi connectivity index (χ4n) is 2.55. The molecule has 6 nitrogen and oxygen atoms in total. The van der Waals surface area contributed by atoms with Gasteiger partial charge >= 0.3 is 0 Å². The van der Waals surface area contributed by atoms with Crippen LogP contribution in [0.3, 0.4) is 0 Å². The Morgan fingerprint density at radius 3 is 2.91 bits per heavy atom. The summed E-state index contributed by atoms with van der Waals surface area (Å²) in [6.45, 7) is 2.79. The fourth-order valence-corrected chi connectivity index (χ4v) is 3.61. The molecule has 2 unspecified atom stereocenters.